The summed E-state index contributed by atoms with van der Waals surface area (Å²) in [5.41, 5.74) is 1.03. The second-order valence-corrected chi connectivity index (χ2v) is 6.75. The van der Waals surface area contributed by atoms with Crippen molar-refractivity contribution in [2.24, 2.45) is 0 Å². The van der Waals surface area contributed by atoms with E-state index in [1.54, 1.807) is 6.20 Å². The smallest absolute Gasteiger partial charge is 0.135 e. The summed E-state index contributed by atoms with van der Waals surface area (Å²) < 4.78 is 5.91. The molecule has 2 aromatic rings. The van der Waals surface area contributed by atoms with E-state index in [1.807, 2.05) is 36.2 Å². The van der Waals surface area contributed by atoms with Crippen LogP contribution in [0.3, 0.4) is 0 Å². The van der Waals surface area contributed by atoms with E-state index in [0.29, 0.717) is 6.04 Å². The molecule has 4 heteroatoms. The molecule has 1 saturated carbocycles. The Morgan fingerprint density at radius 2 is 2.29 bits per heavy atom. The molecule has 1 N–H and O–H groups in total. The number of furan rings is 1. The molecule has 0 aromatic carbocycles. The van der Waals surface area contributed by atoms with E-state index in [4.69, 9.17) is 4.42 Å². The molecule has 2 aromatic heterocycles. The van der Waals surface area contributed by atoms with Gasteiger partial charge in [0.25, 0.3) is 0 Å². The zero-order chi connectivity index (χ0) is 14.5. The summed E-state index contributed by atoms with van der Waals surface area (Å²) in [4.78, 5) is 4.13. The summed E-state index contributed by atoms with van der Waals surface area (Å²) in [5.74, 6) is 1.89. The van der Waals surface area contributed by atoms with Gasteiger partial charge in [-0.2, -0.15) is 11.8 Å². The minimum atomic E-state index is 0.628. The topological polar surface area (TPSA) is 38.1 Å². The van der Waals surface area contributed by atoms with Crippen molar-refractivity contribution < 1.29 is 4.42 Å². The summed E-state index contributed by atoms with van der Waals surface area (Å²) in [7, 11) is 0. The van der Waals surface area contributed by atoms with Crippen LogP contribution in [0.5, 0.6) is 0 Å². The number of rotatable bonds is 5. The molecule has 1 aliphatic carbocycles. The SMILES string of the molecule is CS[C@@H]1CCC[C@@H](NCc2ccc(-c3cccnc3)o2)C1. The number of nitrogens with zero attached hydrogens (tertiary/aromatic N) is 1. The molecule has 0 saturated heterocycles. The van der Waals surface area contributed by atoms with E-state index in [9.17, 15) is 0 Å². The van der Waals surface area contributed by atoms with Crippen LogP contribution in [0, 0.1) is 0 Å². The molecule has 2 atom stereocenters. The van der Waals surface area contributed by atoms with E-state index < -0.39 is 0 Å². The fraction of sp³-hybridized carbons (Fsp3) is 0.471. The van der Waals surface area contributed by atoms with E-state index in [0.717, 1.165) is 28.9 Å². The van der Waals surface area contributed by atoms with Gasteiger partial charge in [-0.3, -0.25) is 4.98 Å². The molecule has 0 aliphatic heterocycles. The van der Waals surface area contributed by atoms with Crippen LogP contribution in [0.15, 0.2) is 41.1 Å². The lowest BCUT2D eigenvalue weighted by atomic mass is 9.95. The fourth-order valence-corrected chi connectivity index (χ4v) is 3.75. The van der Waals surface area contributed by atoms with Crippen LogP contribution in [0.1, 0.15) is 31.4 Å². The number of pyridine rings is 1. The molecular weight excluding hydrogens is 280 g/mol. The molecule has 0 amide bonds. The van der Waals surface area contributed by atoms with Crippen molar-refractivity contribution in [2.75, 3.05) is 6.26 Å². The maximum Gasteiger partial charge on any atom is 0.135 e. The third-order valence-corrected chi connectivity index (χ3v) is 5.23. The molecule has 1 aliphatic rings. The van der Waals surface area contributed by atoms with Crippen LogP contribution in [0.25, 0.3) is 11.3 Å². The summed E-state index contributed by atoms with van der Waals surface area (Å²) in [6.07, 6.45) is 11.1. The second-order valence-electron chi connectivity index (χ2n) is 5.61. The first kappa shape index (κ1) is 14.7. The van der Waals surface area contributed by atoms with Gasteiger partial charge in [-0.05, 0) is 49.8 Å². The van der Waals surface area contributed by atoms with Crippen molar-refractivity contribution in [3.63, 3.8) is 0 Å². The minimum absolute atomic E-state index is 0.628. The van der Waals surface area contributed by atoms with Crippen LogP contribution in [-0.4, -0.2) is 22.5 Å². The van der Waals surface area contributed by atoms with Gasteiger partial charge in [0.05, 0.1) is 6.54 Å². The lowest BCUT2D eigenvalue weighted by molar-refractivity contribution is 0.364. The number of aromatic nitrogens is 1. The van der Waals surface area contributed by atoms with Crippen molar-refractivity contribution in [1.82, 2.24) is 10.3 Å². The first-order chi connectivity index (χ1) is 10.3. The van der Waals surface area contributed by atoms with Crippen LogP contribution < -0.4 is 5.32 Å². The Morgan fingerprint density at radius 1 is 1.33 bits per heavy atom. The molecule has 0 bridgehead atoms. The summed E-state index contributed by atoms with van der Waals surface area (Å²) in [6.45, 7) is 0.812. The van der Waals surface area contributed by atoms with Crippen LogP contribution in [-0.2, 0) is 6.54 Å². The van der Waals surface area contributed by atoms with Gasteiger partial charge in [0.15, 0.2) is 0 Å². The van der Waals surface area contributed by atoms with E-state index in [1.165, 1.54) is 25.7 Å². The Balaban J connectivity index is 1.55. The van der Waals surface area contributed by atoms with Crippen molar-refractivity contribution in [1.29, 1.82) is 0 Å². The standard InChI is InChI=1S/C17H22N2OS/c1-21-16-6-2-5-14(10-16)19-12-15-7-8-17(20-15)13-4-3-9-18-11-13/h3-4,7-9,11,14,16,19H,2,5-6,10,12H2,1H3/t14-,16-/m1/s1. The van der Waals surface area contributed by atoms with Crippen LogP contribution in [0.4, 0.5) is 0 Å². The largest absolute Gasteiger partial charge is 0.460 e. The van der Waals surface area contributed by atoms with Crippen molar-refractivity contribution in [2.45, 2.75) is 43.5 Å². The van der Waals surface area contributed by atoms with Gasteiger partial charge < -0.3 is 9.73 Å². The van der Waals surface area contributed by atoms with Gasteiger partial charge in [0.1, 0.15) is 11.5 Å². The third kappa shape index (κ3) is 3.89. The predicted molar refractivity (Wildman–Crippen MR) is 88.3 cm³/mol. The average molecular weight is 302 g/mol. The lowest BCUT2D eigenvalue weighted by Crippen LogP contribution is -2.34. The van der Waals surface area contributed by atoms with E-state index in [2.05, 4.69) is 22.6 Å². The maximum atomic E-state index is 5.91. The van der Waals surface area contributed by atoms with Crippen LogP contribution >= 0.6 is 11.8 Å². The summed E-state index contributed by atoms with van der Waals surface area (Å²) in [5, 5.41) is 4.46. The Kier molecular flexibility index (Phi) is 4.99. The molecular formula is C17H22N2OS. The first-order valence-corrected chi connectivity index (χ1v) is 8.89. The molecule has 0 spiro atoms. The van der Waals surface area contributed by atoms with E-state index in [-0.39, 0.29) is 0 Å². The van der Waals surface area contributed by atoms with Crippen molar-refractivity contribution in [3.8, 4) is 11.3 Å². The zero-order valence-corrected chi connectivity index (χ0v) is 13.2. The highest BCUT2D eigenvalue weighted by atomic mass is 32.2. The van der Waals surface area contributed by atoms with Gasteiger partial charge in [0, 0.05) is 29.2 Å². The third-order valence-electron chi connectivity index (χ3n) is 4.13. The number of hydrogen-bond acceptors (Lipinski definition) is 4. The average Bonchev–Trinajstić information content (AvgIpc) is 3.03. The Hall–Kier alpha value is -1.26. The van der Waals surface area contributed by atoms with Gasteiger partial charge in [-0.15, -0.1) is 0 Å². The maximum absolute atomic E-state index is 5.91. The van der Waals surface area contributed by atoms with Gasteiger partial charge in [-0.25, -0.2) is 0 Å². The highest BCUT2D eigenvalue weighted by Crippen LogP contribution is 2.27. The molecule has 0 radical (unpaired) electrons. The monoisotopic (exact) mass is 302 g/mol. The molecule has 2 heterocycles. The lowest BCUT2D eigenvalue weighted by Gasteiger charge is -2.28. The molecule has 0 unspecified atom stereocenters. The summed E-state index contributed by atoms with van der Waals surface area (Å²) in [6, 6.07) is 8.67. The molecule has 1 fully saturated rings. The highest BCUT2D eigenvalue weighted by molar-refractivity contribution is 7.99. The minimum Gasteiger partial charge on any atom is -0.460 e. The normalized spacial score (nSPS) is 22.3. The molecule has 3 rings (SSSR count). The number of nitrogens with one attached hydrogen (secondary N) is 1. The predicted octanol–water partition coefficient (Wildman–Crippen LogP) is 4.11. The van der Waals surface area contributed by atoms with E-state index >= 15 is 0 Å². The zero-order valence-electron chi connectivity index (χ0n) is 12.4. The molecule has 21 heavy (non-hydrogen) atoms. The van der Waals surface area contributed by atoms with Crippen LogP contribution in [0.2, 0.25) is 0 Å². The van der Waals surface area contributed by atoms with Crippen molar-refractivity contribution in [3.05, 3.63) is 42.4 Å². The number of thioether (sulfide) groups is 1. The van der Waals surface area contributed by atoms with Crippen molar-refractivity contribution >= 4 is 11.8 Å². The Labute approximate surface area is 130 Å². The molecule has 112 valence electrons. The van der Waals surface area contributed by atoms with Gasteiger partial charge >= 0.3 is 0 Å². The highest BCUT2D eigenvalue weighted by Gasteiger charge is 2.20. The fourth-order valence-electron chi connectivity index (χ4n) is 2.93. The quantitative estimate of drug-likeness (QED) is 0.902. The van der Waals surface area contributed by atoms with Gasteiger partial charge in [-0.1, -0.05) is 6.42 Å². The number of hydrogen-bond donors (Lipinski definition) is 1. The Bertz CT molecular complexity index is 555. The second kappa shape index (κ2) is 7.14. The first-order valence-electron chi connectivity index (χ1n) is 7.60. The Morgan fingerprint density at radius 3 is 3.10 bits per heavy atom. The summed E-state index contributed by atoms with van der Waals surface area (Å²) >= 11 is 2.00. The molecule has 3 nitrogen and oxygen atoms in total. The van der Waals surface area contributed by atoms with Gasteiger partial charge in [0.2, 0.25) is 0 Å².